The van der Waals surface area contributed by atoms with Crippen molar-refractivity contribution < 1.29 is 5.48 Å². The van der Waals surface area contributed by atoms with Gasteiger partial charge in [-0.05, 0) is 37.0 Å². The SMILES string of the molecule is CC1CCC2CC2C1.O. The van der Waals surface area contributed by atoms with Crippen molar-refractivity contribution in [2.75, 3.05) is 0 Å². The summed E-state index contributed by atoms with van der Waals surface area (Å²) in [5.74, 6) is 3.42. The highest BCUT2D eigenvalue weighted by molar-refractivity contribution is 4.91. The maximum Gasteiger partial charge on any atom is -0.0380 e. The average molecular weight is 128 g/mol. The number of hydrogen-bond acceptors (Lipinski definition) is 0. The predicted molar refractivity (Wildman–Crippen MR) is 38.2 cm³/mol. The summed E-state index contributed by atoms with van der Waals surface area (Å²) in [6.45, 7) is 2.40. The first-order valence-electron chi connectivity index (χ1n) is 3.86. The van der Waals surface area contributed by atoms with E-state index in [0.29, 0.717) is 0 Å². The fraction of sp³-hybridized carbons (Fsp3) is 1.00. The Morgan fingerprint density at radius 2 is 1.78 bits per heavy atom. The van der Waals surface area contributed by atoms with Gasteiger partial charge in [0.25, 0.3) is 0 Å². The maximum absolute atomic E-state index is 2.40. The lowest BCUT2D eigenvalue weighted by atomic mass is 9.91. The Hall–Kier alpha value is -0.0400. The zero-order valence-electron chi connectivity index (χ0n) is 6.06. The van der Waals surface area contributed by atoms with Crippen molar-refractivity contribution in [3.05, 3.63) is 0 Å². The zero-order chi connectivity index (χ0) is 5.56. The molecule has 2 aliphatic carbocycles. The Kier molecular flexibility index (Phi) is 1.80. The summed E-state index contributed by atoms with van der Waals surface area (Å²) in [5.41, 5.74) is 0. The molecule has 0 aliphatic heterocycles. The van der Waals surface area contributed by atoms with Gasteiger partial charge in [-0.3, -0.25) is 0 Å². The van der Waals surface area contributed by atoms with Crippen molar-refractivity contribution >= 4 is 0 Å². The van der Waals surface area contributed by atoms with Gasteiger partial charge in [-0.25, -0.2) is 0 Å². The van der Waals surface area contributed by atoms with Gasteiger partial charge in [0, 0.05) is 0 Å². The highest BCUT2D eigenvalue weighted by Crippen LogP contribution is 2.51. The molecule has 0 amide bonds. The van der Waals surface area contributed by atoms with E-state index < -0.39 is 0 Å². The number of fused-ring (bicyclic) bond motifs is 1. The van der Waals surface area contributed by atoms with Gasteiger partial charge in [-0.1, -0.05) is 13.3 Å². The minimum absolute atomic E-state index is 0. The van der Waals surface area contributed by atoms with Crippen LogP contribution in [-0.4, -0.2) is 5.48 Å². The predicted octanol–water partition coefficient (Wildman–Crippen LogP) is 1.62. The molecule has 2 aliphatic rings. The Bertz CT molecular complexity index is 101. The minimum atomic E-state index is 0. The second-order valence-electron chi connectivity index (χ2n) is 3.67. The van der Waals surface area contributed by atoms with Gasteiger partial charge in [0.05, 0.1) is 0 Å². The van der Waals surface area contributed by atoms with E-state index in [2.05, 4.69) is 6.92 Å². The van der Waals surface area contributed by atoms with Gasteiger partial charge >= 0.3 is 0 Å². The molecule has 1 nitrogen and oxygen atoms in total. The number of hydrogen-bond donors (Lipinski definition) is 0. The van der Waals surface area contributed by atoms with Crippen LogP contribution in [-0.2, 0) is 0 Å². The summed E-state index contributed by atoms with van der Waals surface area (Å²) in [5, 5.41) is 0. The number of rotatable bonds is 0. The summed E-state index contributed by atoms with van der Waals surface area (Å²) in [4.78, 5) is 0. The van der Waals surface area contributed by atoms with Gasteiger partial charge in [0.1, 0.15) is 0 Å². The summed E-state index contributed by atoms with van der Waals surface area (Å²) < 4.78 is 0. The van der Waals surface area contributed by atoms with E-state index in [0.717, 1.165) is 5.92 Å². The van der Waals surface area contributed by atoms with Crippen LogP contribution in [0.5, 0.6) is 0 Å². The molecule has 3 atom stereocenters. The largest absolute Gasteiger partial charge is 0.412 e. The third-order valence-corrected chi connectivity index (χ3v) is 2.80. The van der Waals surface area contributed by atoms with Crippen LogP contribution in [0.4, 0.5) is 0 Å². The highest BCUT2D eigenvalue weighted by atomic mass is 16.0. The van der Waals surface area contributed by atoms with Crippen LogP contribution in [0.2, 0.25) is 0 Å². The Morgan fingerprint density at radius 1 is 1.00 bits per heavy atom. The molecule has 1 heteroatoms. The molecule has 0 radical (unpaired) electrons. The molecule has 0 heterocycles. The molecular formula is C8H16O. The van der Waals surface area contributed by atoms with Gasteiger partial charge < -0.3 is 5.48 Å². The van der Waals surface area contributed by atoms with Crippen molar-refractivity contribution in [3.8, 4) is 0 Å². The third kappa shape index (κ3) is 1.26. The van der Waals surface area contributed by atoms with Crippen molar-refractivity contribution in [1.82, 2.24) is 0 Å². The monoisotopic (exact) mass is 128 g/mol. The Morgan fingerprint density at radius 3 is 2.33 bits per heavy atom. The normalized spacial score (nSPS) is 47.0. The molecule has 0 saturated heterocycles. The first-order valence-corrected chi connectivity index (χ1v) is 3.86. The van der Waals surface area contributed by atoms with Crippen LogP contribution in [0.1, 0.15) is 32.6 Å². The van der Waals surface area contributed by atoms with E-state index in [9.17, 15) is 0 Å². The van der Waals surface area contributed by atoms with Gasteiger partial charge in [0.2, 0.25) is 0 Å². The van der Waals surface area contributed by atoms with E-state index in [1.807, 2.05) is 0 Å². The smallest absolute Gasteiger partial charge is 0.0380 e. The first-order chi connectivity index (χ1) is 3.86. The lowest BCUT2D eigenvalue weighted by Crippen LogP contribution is -2.03. The summed E-state index contributed by atoms with van der Waals surface area (Å²) in [6, 6.07) is 0. The molecule has 0 aromatic rings. The molecule has 0 bridgehead atoms. The molecule has 3 unspecified atom stereocenters. The summed E-state index contributed by atoms with van der Waals surface area (Å²) in [6.07, 6.45) is 6.18. The van der Waals surface area contributed by atoms with Crippen LogP contribution in [0, 0.1) is 17.8 Å². The fourth-order valence-corrected chi connectivity index (χ4v) is 2.09. The van der Waals surface area contributed by atoms with Gasteiger partial charge in [0.15, 0.2) is 0 Å². The van der Waals surface area contributed by atoms with Gasteiger partial charge in [-0.15, -0.1) is 0 Å². The molecule has 2 fully saturated rings. The van der Waals surface area contributed by atoms with E-state index in [4.69, 9.17) is 0 Å². The lowest BCUT2D eigenvalue weighted by molar-refractivity contribution is 0.368. The molecule has 9 heavy (non-hydrogen) atoms. The van der Waals surface area contributed by atoms with E-state index >= 15 is 0 Å². The van der Waals surface area contributed by atoms with Crippen LogP contribution in [0.15, 0.2) is 0 Å². The van der Waals surface area contributed by atoms with Crippen LogP contribution < -0.4 is 0 Å². The van der Waals surface area contributed by atoms with E-state index in [1.54, 1.807) is 19.3 Å². The summed E-state index contributed by atoms with van der Waals surface area (Å²) in [7, 11) is 0. The molecule has 0 aromatic heterocycles. The Balaban J connectivity index is 0.000000405. The van der Waals surface area contributed by atoms with Crippen LogP contribution in [0.3, 0.4) is 0 Å². The molecular weight excluding hydrogens is 112 g/mol. The van der Waals surface area contributed by atoms with Crippen molar-refractivity contribution in [3.63, 3.8) is 0 Å². The van der Waals surface area contributed by atoms with Gasteiger partial charge in [-0.2, -0.15) is 0 Å². The second kappa shape index (κ2) is 2.30. The van der Waals surface area contributed by atoms with Crippen LogP contribution in [0.25, 0.3) is 0 Å². The third-order valence-electron chi connectivity index (χ3n) is 2.80. The first kappa shape index (κ1) is 7.07. The quantitative estimate of drug-likeness (QED) is 0.475. The maximum atomic E-state index is 2.40. The highest BCUT2D eigenvalue weighted by Gasteiger charge is 2.40. The molecule has 54 valence electrons. The molecule has 2 rings (SSSR count). The zero-order valence-corrected chi connectivity index (χ0v) is 6.06. The average Bonchev–Trinajstić information content (AvgIpc) is 2.43. The standard InChI is InChI=1S/C8H14.H2O/c1-6-2-3-7-5-8(7)4-6;/h6-8H,2-5H2,1H3;1H2. The topological polar surface area (TPSA) is 31.5 Å². The molecule has 2 saturated carbocycles. The fourth-order valence-electron chi connectivity index (χ4n) is 2.09. The van der Waals surface area contributed by atoms with Crippen LogP contribution >= 0.6 is 0 Å². The second-order valence-corrected chi connectivity index (χ2v) is 3.67. The van der Waals surface area contributed by atoms with Crippen molar-refractivity contribution in [2.45, 2.75) is 32.6 Å². The van der Waals surface area contributed by atoms with E-state index in [-0.39, 0.29) is 5.48 Å². The van der Waals surface area contributed by atoms with Crippen molar-refractivity contribution in [2.24, 2.45) is 17.8 Å². The Labute approximate surface area is 56.8 Å². The molecule has 0 aromatic carbocycles. The van der Waals surface area contributed by atoms with Crippen molar-refractivity contribution in [1.29, 1.82) is 0 Å². The molecule has 2 N–H and O–H groups in total. The molecule has 0 spiro atoms. The minimum Gasteiger partial charge on any atom is -0.412 e. The van der Waals surface area contributed by atoms with E-state index in [1.165, 1.54) is 18.3 Å². The lowest BCUT2D eigenvalue weighted by Gasteiger charge is -2.15. The summed E-state index contributed by atoms with van der Waals surface area (Å²) >= 11 is 0.